The summed E-state index contributed by atoms with van der Waals surface area (Å²) in [6, 6.07) is 42.1. The summed E-state index contributed by atoms with van der Waals surface area (Å²) in [5, 5.41) is 5.57. The number of hydrogen-bond acceptors (Lipinski definition) is 3. The van der Waals surface area contributed by atoms with E-state index in [2.05, 4.69) is 122 Å². The Bertz CT molecular complexity index is 925. The quantitative estimate of drug-likeness (QED) is 0.449. The molecular formula is C25H22ClO3P. The Morgan fingerprint density at radius 3 is 1.03 bits per heavy atom. The van der Waals surface area contributed by atoms with Gasteiger partial charge in [0, 0.05) is 0 Å². The maximum absolute atomic E-state index is 8.41. The molecule has 152 valence electrons. The zero-order valence-corrected chi connectivity index (χ0v) is 18.2. The fourth-order valence-electron chi connectivity index (χ4n) is 3.62. The van der Waals surface area contributed by atoms with Crippen molar-refractivity contribution in [2.45, 2.75) is 6.92 Å². The fraction of sp³-hybridized carbons (Fsp3) is 0.0400. The minimum absolute atomic E-state index is 1.29. The van der Waals surface area contributed by atoms with Crippen LogP contribution >= 0.6 is 7.26 Å². The van der Waals surface area contributed by atoms with Crippen molar-refractivity contribution in [1.82, 2.24) is 0 Å². The van der Waals surface area contributed by atoms with Gasteiger partial charge in [0.05, 0.1) is 10.8 Å². The van der Waals surface area contributed by atoms with Gasteiger partial charge in [-0.05, 0) is 55.5 Å². The molecule has 0 aliphatic heterocycles. The summed E-state index contributed by atoms with van der Waals surface area (Å²) in [5.74, 6) is 0. The van der Waals surface area contributed by atoms with Crippen LogP contribution in [0.5, 0.6) is 0 Å². The van der Waals surface area contributed by atoms with Crippen LogP contribution < -0.4 is 35.2 Å². The molecule has 0 fully saturated rings. The van der Waals surface area contributed by atoms with E-state index in [0.29, 0.717) is 0 Å². The Kier molecular flexibility index (Phi) is 7.75. The third-order valence-electron chi connectivity index (χ3n) is 4.85. The molecule has 5 heteroatoms. The van der Waals surface area contributed by atoms with Crippen LogP contribution in [0.4, 0.5) is 0 Å². The van der Waals surface area contributed by atoms with E-state index >= 15 is 0 Å². The monoisotopic (exact) mass is 436 g/mol. The van der Waals surface area contributed by atoms with Gasteiger partial charge in [-0.3, -0.25) is 0 Å². The summed E-state index contributed by atoms with van der Waals surface area (Å²) in [5.41, 5.74) is 1.29. The number of hydrogen-bond donors (Lipinski definition) is 0. The largest absolute Gasteiger partial charge is 0.357 e. The van der Waals surface area contributed by atoms with Crippen LogP contribution in [0.1, 0.15) is 5.56 Å². The Balaban J connectivity index is 0.000000589. The fourth-order valence-corrected chi connectivity index (χ4v) is 7.86. The van der Waals surface area contributed by atoms with Gasteiger partial charge in [0.15, 0.2) is 0 Å². The molecule has 0 unspecified atom stereocenters. The molecule has 0 amide bonds. The van der Waals surface area contributed by atoms with Gasteiger partial charge in [-0.2, -0.15) is 0 Å². The van der Waals surface area contributed by atoms with E-state index in [1.54, 1.807) is 0 Å². The van der Waals surface area contributed by atoms with Gasteiger partial charge in [-0.25, -0.2) is 0 Å². The zero-order valence-electron chi connectivity index (χ0n) is 16.5. The summed E-state index contributed by atoms with van der Waals surface area (Å²) in [6.07, 6.45) is 0. The van der Waals surface area contributed by atoms with Crippen LogP contribution in [0.2, 0.25) is 0 Å². The molecule has 0 aliphatic carbocycles. The van der Waals surface area contributed by atoms with Gasteiger partial charge in [0.1, 0.15) is 28.5 Å². The highest BCUT2D eigenvalue weighted by molar-refractivity contribution is 8.01. The molecular weight excluding hydrogens is 415 g/mol. The van der Waals surface area contributed by atoms with E-state index in [9.17, 15) is 0 Å². The standard InChI is InChI=1S/C25H22P.ClO3/c1-21-17-19-25(20-18-21)26(22-11-5-2-6-12-22,23-13-7-3-8-14-23)24-15-9-4-10-16-24;2-1(3)4/h2-20H,1H3;/q+1;-1. The summed E-state index contributed by atoms with van der Waals surface area (Å²) in [4.78, 5) is 0. The summed E-state index contributed by atoms with van der Waals surface area (Å²) in [7, 11) is -4.78. The highest BCUT2D eigenvalue weighted by Gasteiger charge is 2.47. The normalized spacial score (nSPS) is 11.0. The van der Waals surface area contributed by atoms with Gasteiger partial charge in [0.25, 0.3) is 0 Å². The third kappa shape index (κ3) is 4.96. The number of benzene rings is 4. The zero-order chi connectivity index (χ0) is 21.4. The Hall–Kier alpha value is -2.52. The lowest BCUT2D eigenvalue weighted by atomic mass is 10.2. The molecule has 0 radical (unpaired) electrons. The highest BCUT2D eigenvalue weighted by atomic mass is 35.6. The van der Waals surface area contributed by atoms with Crippen LogP contribution in [0.25, 0.3) is 0 Å². The molecule has 0 heterocycles. The molecule has 0 spiro atoms. The Morgan fingerprint density at radius 1 is 0.467 bits per heavy atom. The Labute approximate surface area is 181 Å². The van der Waals surface area contributed by atoms with Crippen molar-refractivity contribution in [3.05, 3.63) is 121 Å². The smallest absolute Gasteiger partial charge is 0.144 e. The lowest BCUT2D eigenvalue weighted by molar-refractivity contribution is -1.73. The van der Waals surface area contributed by atoms with Crippen LogP contribution in [0.15, 0.2) is 115 Å². The second-order valence-corrected chi connectivity index (χ2v) is 10.5. The summed E-state index contributed by atoms with van der Waals surface area (Å²) < 4.78 is 25.2. The molecule has 0 saturated heterocycles. The topological polar surface area (TPSA) is 69.2 Å². The van der Waals surface area contributed by atoms with Crippen molar-refractivity contribution in [3.63, 3.8) is 0 Å². The van der Waals surface area contributed by atoms with E-state index in [1.807, 2.05) is 0 Å². The molecule has 0 saturated carbocycles. The molecule has 0 atom stereocenters. The predicted molar refractivity (Wildman–Crippen MR) is 116 cm³/mol. The first-order valence-corrected chi connectivity index (χ1v) is 12.1. The third-order valence-corrected chi connectivity index (χ3v) is 9.14. The molecule has 0 aliphatic rings. The second kappa shape index (κ2) is 10.5. The molecule has 0 aromatic heterocycles. The number of aryl methyl sites for hydroxylation is 1. The molecule has 3 nitrogen and oxygen atoms in total. The van der Waals surface area contributed by atoms with Crippen molar-refractivity contribution in [2.75, 3.05) is 0 Å². The maximum Gasteiger partial charge on any atom is 0.144 e. The van der Waals surface area contributed by atoms with Crippen molar-refractivity contribution in [1.29, 1.82) is 0 Å². The Morgan fingerprint density at radius 2 is 0.733 bits per heavy atom. The van der Waals surface area contributed by atoms with E-state index < -0.39 is 18.0 Å². The van der Waals surface area contributed by atoms with Gasteiger partial charge in [-0.15, -0.1) is 0 Å². The van der Waals surface area contributed by atoms with Crippen LogP contribution in [0, 0.1) is 17.7 Å². The van der Waals surface area contributed by atoms with E-state index in [-0.39, 0.29) is 0 Å². The molecule has 4 aromatic rings. The number of rotatable bonds is 4. The second-order valence-electron chi connectivity index (χ2n) is 6.70. The first-order valence-electron chi connectivity index (χ1n) is 9.41. The molecule has 30 heavy (non-hydrogen) atoms. The van der Waals surface area contributed by atoms with Gasteiger partial charge in [0.2, 0.25) is 0 Å². The van der Waals surface area contributed by atoms with Gasteiger partial charge in [-0.1, -0.05) is 72.3 Å². The van der Waals surface area contributed by atoms with Gasteiger partial charge < -0.3 is 14.0 Å². The van der Waals surface area contributed by atoms with Crippen LogP contribution in [-0.4, -0.2) is 0 Å². The van der Waals surface area contributed by atoms with E-state index in [4.69, 9.17) is 14.0 Å². The predicted octanol–water partition coefficient (Wildman–Crippen LogP) is 1.05. The SMILES string of the molecule is Cc1ccc([P+](c2ccccc2)(c2ccccc2)c2ccccc2)cc1.[O-][Cl+2]([O-])[O-]. The van der Waals surface area contributed by atoms with E-state index in [1.165, 1.54) is 26.8 Å². The summed E-state index contributed by atoms with van der Waals surface area (Å²) in [6.45, 7) is 2.15. The minimum atomic E-state index is -2.85. The van der Waals surface area contributed by atoms with E-state index in [0.717, 1.165) is 0 Å². The first-order chi connectivity index (χ1) is 14.5. The van der Waals surface area contributed by atoms with Crippen molar-refractivity contribution >= 4 is 28.5 Å². The molecule has 0 bridgehead atoms. The average Bonchev–Trinajstić information content (AvgIpc) is 2.77. The lowest BCUT2D eigenvalue weighted by Gasteiger charge is -2.27. The van der Waals surface area contributed by atoms with Crippen molar-refractivity contribution in [3.8, 4) is 0 Å². The van der Waals surface area contributed by atoms with Crippen LogP contribution in [-0.2, 0) is 0 Å². The van der Waals surface area contributed by atoms with Crippen molar-refractivity contribution < 1.29 is 24.8 Å². The number of halogens is 1. The molecule has 4 aromatic carbocycles. The maximum atomic E-state index is 8.41. The molecule has 4 rings (SSSR count). The van der Waals surface area contributed by atoms with Crippen molar-refractivity contribution in [2.24, 2.45) is 0 Å². The minimum Gasteiger partial charge on any atom is -0.357 e. The molecule has 0 N–H and O–H groups in total. The van der Waals surface area contributed by atoms with Gasteiger partial charge >= 0.3 is 0 Å². The first kappa shape index (κ1) is 22.2. The average molecular weight is 437 g/mol. The highest BCUT2D eigenvalue weighted by Crippen LogP contribution is 2.54. The lowest BCUT2D eigenvalue weighted by Crippen LogP contribution is -2.42. The van der Waals surface area contributed by atoms with Crippen LogP contribution in [0.3, 0.4) is 0 Å². The summed E-state index contributed by atoms with van der Waals surface area (Å²) >= 11 is 0.